The SMILES string of the molecule is O=C(NC1CCOCC1)c1cn(Cc2ccc(Cl)cc2)c(Nc2ccc(Oc3ncccc3F)cc2)nc1=O. The summed E-state index contributed by atoms with van der Waals surface area (Å²) in [6.07, 6.45) is 4.31. The van der Waals surface area contributed by atoms with Crippen molar-refractivity contribution >= 4 is 29.1 Å². The van der Waals surface area contributed by atoms with Crippen molar-refractivity contribution in [2.75, 3.05) is 18.5 Å². The molecule has 0 unspecified atom stereocenters. The Hall–Kier alpha value is -4.28. The van der Waals surface area contributed by atoms with Crippen molar-refractivity contribution in [2.24, 2.45) is 0 Å². The second-order valence-electron chi connectivity index (χ2n) is 8.94. The van der Waals surface area contributed by atoms with Crippen molar-refractivity contribution < 1.29 is 18.7 Å². The van der Waals surface area contributed by atoms with Gasteiger partial charge in [-0.1, -0.05) is 23.7 Å². The van der Waals surface area contributed by atoms with Gasteiger partial charge in [0.25, 0.3) is 17.3 Å². The number of amides is 1. The molecule has 1 saturated heterocycles. The summed E-state index contributed by atoms with van der Waals surface area (Å²) in [7, 11) is 0. The minimum atomic E-state index is -0.653. The molecule has 1 aliphatic heterocycles. The van der Waals surface area contributed by atoms with E-state index in [0.717, 1.165) is 5.56 Å². The number of benzene rings is 2. The summed E-state index contributed by atoms with van der Waals surface area (Å²) in [5, 5.41) is 6.64. The fourth-order valence-electron chi connectivity index (χ4n) is 4.05. The van der Waals surface area contributed by atoms with Gasteiger partial charge in [0.2, 0.25) is 5.95 Å². The molecular formula is C28H25ClFN5O4. The van der Waals surface area contributed by atoms with Gasteiger partial charge in [-0.3, -0.25) is 9.59 Å². The molecule has 2 aromatic carbocycles. The number of carbonyl (C=O) groups is 1. The first-order valence-corrected chi connectivity index (χ1v) is 12.7. The van der Waals surface area contributed by atoms with Crippen LogP contribution in [0.2, 0.25) is 5.02 Å². The van der Waals surface area contributed by atoms with Crippen LogP contribution in [0.25, 0.3) is 0 Å². The zero-order valence-electron chi connectivity index (χ0n) is 20.8. The zero-order chi connectivity index (χ0) is 27.2. The molecule has 0 radical (unpaired) electrons. The molecule has 5 rings (SSSR count). The lowest BCUT2D eigenvalue weighted by atomic mass is 10.1. The van der Waals surface area contributed by atoms with E-state index in [4.69, 9.17) is 21.1 Å². The van der Waals surface area contributed by atoms with Gasteiger partial charge >= 0.3 is 0 Å². The molecule has 4 aromatic rings. The van der Waals surface area contributed by atoms with Crippen molar-refractivity contribution in [1.82, 2.24) is 19.9 Å². The minimum Gasteiger partial charge on any atom is -0.436 e. The number of aromatic nitrogens is 3. The summed E-state index contributed by atoms with van der Waals surface area (Å²) in [4.78, 5) is 34.0. The highest BCUT2D eigenvalue weighted by Gasteiger charge is 2.21. The summed E-state index contributed by atoms with van der Waals surface area (Å²) in [6.45, 7) is 1.45. The van der Waals surface area contributed by atoms with Crippen molar-refractivity contribution in [3.05, 3.63) is 105 Å². The summed E-state index contributed by atoms with van der Waals surface area (Å²) in [6, 6.07) is 16.6. The molecule has 0 spiro atoms. The van der Waals surface area contributed by atoms with Gasteiger partial charge in [-0.05, 0) is 66.9 Å². The molecule has 9 nitrogen and oxygen atoms in total. The number of ether oxygens (including phenoxy) is 2. The second kappa shape index (κ2) is 12.1. The number of nitrogens with one attached hydrogen (secondary N) is 2. The first-order valence-electron chi connectivity index (χ1n) is 12.3. The number of pyridine rings is 1. The normalized spacial score (nSPS) is 13.6. The lowest BCUT2D eigenvalue weighted by molar-refractivity contribution is 0.0695. The Kier molecular flexibility index (Phi) is 8.14. The first kappa shape index (κ1) is 26.3. The Balaban J connectivity index is 1.39. The molecule has 2 aromatic heterocycles. The molecule has 200 valence electrons. The van der Waals surface area contributed by atoms with Crippen LogP contribution in [0.4, 0.5) is 16.0 Å². The predicted octanol–water partition coefficient (Wildman–Crippen LogP) is 4.92. The van der Waals surface area contributed by atoms with E-state index < -0.39 is 17.3 Å². The average molecular weight is 550 g/mol. The van der Waals surface area contributed by atoms with E-state index in [9.17, 15) is 14.0 Å². The highest BCUT2D eigenvalue weighted by Crippen LogP contribution is 2.25. The van der Waals surface area contributed by atoms with Gasteiger partial charge in [-0.2, -0.15) is 4.98 Å². The van der Waals surface area contributed by atoms with Crippen LogP contribution in [0.3, 0.4) is 0 Å². The van der Waals surface area contributed by atoms with Crippen LogP contribution in [0.15, 0.2) is 77.9 Å². The Morgan fingerprint density at radius 2 is 1.85 bits per heavy atom. The number of rotatable bonds is 8. The van der Waals surface area contributed by atoms with Gasteiger partial charge in [-0.25, -0.2) is 9.37 Å². The summed E-state index contributed by atoms with van der Waals surface area (Å²) in [5.74, 6) is -0.562. The highest BCUT2D eigenvalue weighted by atomic mass is 35.5. The standard InChI is InChI=1S/C28H25ClFN5O4/c29-19-5-3-18(4-6-19)16-35-17-23(25(36)32-21-11-14-38-15-12-21)26(37)34-28(35)33-20-7-9-22(10-8-20)39-27-24(30)2-1-13-31-27/h1-10,13,17,21H,11-12,14-16H2,(H,32,36)(H,33,34,37). The molecule has 1 fully saturated rings. The zero-order valence-corrected chi connectivity index (χ0v) is 21.5. The number of hydrogen-bond donors (Lipinski definition) is 2. The predicted molar refractivity (Wildman–Crippen MR) is 144 cm³/mol. The molecule has 2 N–H and O–H groups in total. The Bertz CT molecular complexity index is 1510. The largest absolute Gasteiger partial charge is 0.436 e. The molecule has 11 heteroatoms. The van der Waals surface area contributed by atoms with Gasteiger partial charge in [-0.15, -0.1) is 0 Å². The quantitative estimate of drug-likeness (QED) is 0.321. The molecule has 0 saturated carbocycles. The van der Waals surface area contributed by atoms with E-state index in [1.807, 2.05) is 12.1 Å². The first-order chi connectivity index (χ1) is 18.9. The van der Waals surface area contributed by atoms with E-state index in [-0.39, 0.29) is 23.4 Å². The Morgan fingerprint density at radius 1 is 1.10 bits per heavy atom. The molecule has 3 heterocycles. The van der Waals surface area contributed by atoms with Crippen LogP contribution in [0.1, 0.15) is 28.8 Å². The molecule has 1 aliphatic rings. The average Bonchev–Trinajstić information content (AvgIpc) is 2.94. The Labute approximate surface area is 228 Å². The monoisotopic (exact) mass is 549 g/mol. The lowest BCUT2D eigenvalue weighted by Crippen LogP contribution is -2.41. The summed E-state index contributed by atoms with van der Waals surface area (Å²) < 4.78 is 26.4. The number of halogens is 2. The van der Waals surface area contributed by atoms with Gasteiger partial charge in [0, 0.05) is 42.4 Å². The fraction of sp³-hybridized carbons (Fsp3) is 0.214. The highest BCUT2D eigenvalue weighted by molar-refractivity contribution is 6.30. The van der Waals surface area contributed by atoms with Crippen LogP contribution in [0.5, 0.6) is 11.6 Å². The summed E-state index contributed by atoms with van der Waals surface area (Å²) in [5.41, 5.74) is 0.784. The van der Waals surface area contributed by atoms with E-state index in [0.29, 0.717) is 49.1 Å². The van der Waals surface area contributed by atoms with Crippen molar-refractivity contribution in [2.45, 2.75) is 25.4 Å². The maximum atomic E-state index is 13.9. The van der Waals surface area contributed by atoms with E-state index in [1.165, 1.54) is 24.5 Å². The van der Waals surface area contributed by atoms with Crippen LogP contribution in [-0.2, 0) is 11.3 Å². The smallest absolute Gasteiger partial charge is 0.287 e. The number of carbonyl (C=O) groups excluding carboxylic acids is 1. The number of hydrogen-bond acceptors (Lipinski definition) is 7. The maximum Gasteiger partial charge on any atom is 0.287 e. The van der Waals surface area contributed by atoms with E-state index in [2.05, 4.69) is 20.6 Å². The third kappa shape index (κ3) is 6.78. The minimum absolute atomic E-state index is 0.0536. The maximum absolute atomic E-state index is 13.9. The van der Waals surface area contributed by atoms with Crippen molar-refractivity contribution in [1.29, 1.82) is 0 Å². The number of nitrogens with zero attached hydrogens (tertiary/aromatic N) is 3. The van der Waals surface area contributed by atoms with Crippen LogP contribution in [-0.4, -0.2) is 39.7 Å². The number of anilines is 2. The van der Waals surface area contributed by atoms with Gasteiger partial charge < -0.3 is 24.7 Å². The molecule has 0 atom stereocenters. The topological polar surface area (TPSA) is 107 Å². The molecular weight excluding hydrogens is 525 g/mol. The lowest BCUT2D eigenvalue weighted by Gasteiger charge is -2.23. The fourth-order valence-corrected chi connectivity index (χ4v) is 4.18. The van der Waals surface area contributed by atoms with Crippen molar-refractivity contribution in [3.8, 4) is 11.6 Å². The molecule has 0 aliphatic carbocycles. The summed E-state index contributed by atoms with van der Waals surface area (Å²) >= 11 is 6.04. The third-order valence-corrected chi connectivity index (χ3v) is 6.36. The van der Waals surface area contributed by atoms with Crippen LogP contribution >= 0.6 is 11.6 Å². The van der Waals surface area contributed by atoms with E-state index >= 15 is 0 Å². The van der Waals surface area contributed by atoms with Gasteiger partial charge in [0.15, 0.2) is 5.82 Å². The van der Waals surface area contributed by atoms with Gasteiger partial charge in [0.1, 0.15) is 11.3 Å². The molecule has 39 heavy (non-hydrogen) atoms. The van der Waals surface area contributed by atoms with Crippen LogP contribution < -0.4 is 20.9 Å². The van der Waals surface area contributed by atoms with Crippen molar-refractivity contribution in [3.63, 3.8) is 0 Å². The molecule has 1 amide bonds. The Morgan fingerprint density at radius 3 is 2.56 bits per heavy atom. The second-order valence-corrected chi connectivity index (χ2v) is 9.38. The third-order valence-electron chi connectivity index (χ3n) is 6.11. The van der Waals surface area contributed by atoms with Gasteiger partial charge in [0.05, 0.1) is 6.54 Å². The van der Waals surface area contributed by atoms with Crippen LogP contribution in [0, 0.1) is 5.82 Å². The van der Waals surface area contributed by atoms with E-state index in [1.54, 1.807) is 41.0 Å². The molecule has 0 bridgehead atoms.